The number of imidazole rings is 1. The summed E-state index contributed by atoms with van der Waals surface area (Å²) in [7, 11) is -3.73. The van der Waals surface area contributed by atoms with Gasteiger partial charge in [0.1, 0.15) is 5.65 Å². The fraction of sp³-hybridized carbons (Fsp3) is 0.286. The number of ether oxygens (including phenoxy) is 1. The number of carbonyl (C=O) groups excluding carboxylic acids is 1. The lowest BCUT2D eigenvalue weighted by molar-refractivity contribution is 0.0657. The van der Waals surface area contributed by atoms with Crippen LogP contribution in [0.3, 0.4) is 0 Å². The Kier molecular flexibility index (Phi) is 5.13. The van der Waals surface area contributed by atoms with Gasteiger partial charge in [-0.1, -0.05) is 12.6 Å². The average molecular weight is 324 g/mol. The van der Waals surface area contributed by atoms with Crippen LogP contribution in [0.25, 0.3) is 5.65 Å². The van der Waals surface area contributed by atoms with E-state index in [-0.39, 0.29) is 24.3 Å². The Balaban J connectivity index is 2.70. The molecular formula is C14H17N2O5P. The van der Waals surface area contributed by atoms with Crippen LogP contribution < -0.4 is 5.44 Å². The molecule has 0 amide bonds. The van der Waals surface area contributed by atoms with Gasteiger partial charge in [-0.15, -0.1) is 0 Å². The lowest BCUT2D eigenvalue weighted by atomic mass is 10.4. The maximum atomic E-state index is 13.0. The number of hydrogen-bond donors (Lipinski definition) is 0. The van der Waals surface area contributed by atoms with Gasteiger partial charge in [0.05, 0.1) is 19.5 Å². The Morgan fingerprint density at radius 1 is 1.36 bits per heavy atom. The lowest BCUT2D eigenvalue weighted by Crippen LogP contribution is -2.21. The minimum Gasteiger partial charge on any atom is -0.430 e. The lowest BCUT2D eigenvalue weighted by Gasteiger charge is -2.15. The van der Waals surface area contributed by atoms with Crippen molar-refractivity contribution in [1.29, 1.82) is 0 Å². The van der Waals surface area contributed by atoms with Gasteiger partial charge in [0, 0.05) is 6.20 Å². The molecule has 0 bridgehead atoms. The molecule has 0 spiro atoms. The van der Waals surface area contributed by atoms with E-state index in [1.54, 1.807) is 38.2 Å². The Morgan fingerprint density at radius 2 is 2.05 bits per heavy atom. The fourth-order valence-electron chi connectivity index (χ4n) is 2.00. The van der Waals surface area contributed by atoms with E-state index in [2.05, 4.69) is 11.6 Å². The Hall–Kier alpha value is -1.95. The molecular weight excluding hydrogens is 307 g/mol. The SMILES string of the molecule is C=COC(=O)c1c(P(=O)(OCC)OCC)nc2ccccn12. The first-order chi connectivity index (χ1) is 10.6. The van der Waals surface area contributed by atoms with Gasteiger partial charge < -0.3 is 13.8 Å². The molecule has 0 aliphatic heterocycles. The highest BCUT2D eigenvalue weighted by Gasteiger charge is 2.37. The monoisotopic (exact) mass is 324 g/mol. The van der Waals surface area contributed by atoms with Crippen LogP contribution in [0.5, 0.6) is 0 Å². The van der Waals surface area contributed by atoms with Crippen molar-refractivity contribution in [2.45, 2.75) is 13.8 Å². The molecule has 0 aliphatic rings. The number of carbonyl (C=O) groups is 1. The van der Waals surface area contributed by atoms with Crippen LogP contribution in [-0.4, -0.2) is 28.6 Å². The molecule has 0 unspecified atom stereocenters. The zero-order valence-electron chi connectivity index (χ0n) is 12.4. The van der Waals surface area contributed by atoms with Crippen molar-refractivity contribution in [1.82, 2.24) is 9.38 Å². The normalized spacial score (nSPS) is 11.5. The van der Waals surface area contributed by atoms with Crippen LogP contribution in [0.2, 0.25) is 0 Å². The minimum absolute atomic E-state index is 0.000679. The van der Waals surface area contributed by atoms with E-state index in [1.807, 2.05) is 0 Å². The third kappa shape index (κ3) is 2.97. The van der Waals surface area contributed by atoms with E-state index >= 15 is 0 Å². The summed E-state index contributed by atoms with van der Waals surface area (Å²) in [6.45, 7) is 7.03. The van der Waals surface area contributed by atoms with Crippen LogP contribution in [0.4, 0.5) is 0 Å². The zero-order valence-corrected chi connectivity index (χ0v) is 13.3. The number of esters is 1. The van der Waals surface area contributed by atoms with Crippen LogP contribution in [0.15, 0.2) is 37.2 Å². The summed E-state index contributed by atoms with van der Waals surface area (Å²) in [6.07, 6.45) is 2.62. The second kappa shape index (κ2) is 6.87. The molecule has 0 aliphatic carbocycles. The van der Waals surface area contributed by atoms with Gasteiger partial charge in [0.2, 0.25) is 0 Å². The summed E-state index contributed by atoms with van der Waals surface area (Å²) in [6, 6.07) is 5.15. The summed E-state index contributed by atoms with van der Waals surface area (Å²) >= 11 is 0. The predicted molar refractivity (Wildman–Crippen MR) is 81.3 cm³/mol. The molecule has 22 heavy (non-hydrogen) atoms. The smallest absolute Gasteiger partial charge is 0.382 e. The van der Waals surface area contributed by atoms with E-state index in [1.165, 1.54) is 4.40 Å². The molecule has 7 nitrogen and oxygen atoms in total. The van der Waals surface area contributed by atoms with Crippen molar-refractivity contribution >= 4 is 24.6 Å². The summed E-state index contributed by atoms with van der Waals surface area (Å²) < 4.78 is 29.8. The molecule has 2 heterocycles. The first kappa shape index (κ1) is 16.4. The summed E-state index contributed by atoms with van der Waals surface area (Å²) in [5, 5.41) is 0. The molecule has 2 rings (SSSR count). The molecule has 0 atom stereocenters. The van der Waals surface area contributed by atoms with Crippen LogP contribution in [0, 0.1) is 0 Å². The number of fused-ring (bicyclic) bond motifs is 1. The van der Waals surface area contributed by atoms with E-state index in [0.717, 1.165) is 6.26 Å². The summed E-state index contributed by atoms with van der Waals surface area (Å²) in [5.74, 6) is -0.733. The van der Waals surface area contributed by atoms with Gasteiger partial charge in [0.25, 0.3) is 0 Å². The van der Waals surface area contributed by atoms with Gasteiger partial charge in [-0.25, -0.2) is 9.78 Å². The van der Waals surface area contributed by atoms with E-state index in [4.69, 9.17) is 13.8 Å². The number of nitrogens with zero attached hydrogens (tertiary/aromatic N) is 2. The van der Waals surface area contributed by atoms with Crippen LogP contribution >= 0.6 is 7.60 Å². The molecule has 0 saturated heterocycles. The predicted octanol–water partition coefficient (Wildman–Crippen LogP) is 2.53. The van der Waals surface area contributed by atoms with Gasteiger partial charge in [0.15, 0.2) is 11.1 Å². The number of hydrogen-bond acceptors (Lipinski definition) is 6. The second-order valence-electron chi connectivity index (χ2n) is 4.12. The topological polar surface area (TPSA) is 79.1 Å². The second-order valence-corrected chi connectivity index (χ2v) is 6.05. The van der Waals surface area contributed by atoms with Crippen molar-refractivity contribution in [3.63, 3.8) is 0 Å². The molecule has 0 fully saturated rings. The first-order valence-corrected chi connectivity index (χ1v) is 8.30. The summed E-state index contributed by atoms with van der Waals surface area (Å²) in [5.41, 5.74) is 0.378. The van der Waals surface area contributed by atoms with Crippen molar-refractivity contribution in [2.75, 3.05) is 13.2 Å². The highest BCUT2D eigenvalue weighted by Crippen LogP contribution is 2.47. The highest BCUT2D eigenvalue weighted by molar-refractivity contribution is 7.62. The Bertz CT molecular complexity index is 730. The Labute approximate surface area is 128 Å². The molecule has 0 radical (unpaired) electrons. The van der Waals surface area contributed by atoms with Crippen molar-refractivity contribution in [3.05, 3.63) is 42.9 Å². The van der Waals surface area contributed by atoms with E-state index < -0.39 is 13.6 Å². The fourth-order valence-corrected chi connectivity index (χ4v) is 3.68. The van der Waals surface area contributed by atoms with Crippen molar-refractivity contribution < 1.29 is 23.1 Å². The van der Waals surface area contributed by atoms with Gasteiger partial charge in [-0.3, -0.25) is 8.97 Å². The first-order valence-electron chi connectivity index (χ1n) is 6.76. The number of pyridine rings is 1. The molecule has 2 aromatic heterocycles. The van der Waals surface area contributed by atoms with E-state index in [0.29, 0.717) is 5.65 Å². The molecule has 8 heteroatoms. The molecule has 0 aromatic carbocycles. The van der Waals surface area contributed by atoms with E-state index in [9.17, 15) is 9.36 Å². The highest BCUT2D eigenvalue weighted by atomic mass is 31.2. The third-order valence-corrected chi connectivity index (χ3v) is 4.78. The van der Waals surface area contributed by atoms with Crippen LogP contribution in [-0.2, 0) is 18.3 Å². The Morgan fingerprint density at radius 3 is 2.64 bits per heavy atom. The van der Waals surface area contributed by atoms with Crippen molar-refractivity contribution in [2.24, 2.45) is 0 Å². The molecule has 0 N–H and O–H groups in total. The van der Waals surface area contributed by atoms with Gasteiger partial charge in [-0.2, -0.15) is 0 Å². The summed E-state index contributed by atoms with van der Waals surface area (Å²) in [4.78, 5) is 16.4. The number of aromatic nitrogens is 2. The third-order valence-electron chi connectivity index (χ3n) is 2.75. The number of rotatable bonds is 7. The quantitative estimate of drug-likeness (QED) is 0.442. The van der Waals surface area contributed by atoms with Crippen molar-refractivity contribution in [3.8, 4) is 0 Å². The zero-order chi connectivity index (χ0) is 16.2. The molecule has 0 saturated carbocycles. The minimum atomic E-state index is -3.73. The molecule has 2 aromatic rings. The van der Waals surface area contributed by atoms with Crippen LogP contribution in [0.1, 0.15) is 24.3 Å². The average Bonchev–Trinajstić information content (AvgIpc) is 2.88. The standard InChI is InChI=1S/C14H17N2O5P/c1-4-19-14(17)12-13(22(18,20-5-2)21-6-3)15-11-9-7-8-10-16(11)12/h4,7-10H,1,5-6H2,2-3H3. The maximum Gasteiger partial charge on any atom is 0.382 e. The molecule has 118 valence electrons. The largest absolute Gasteiger partial charge is 0.430 e. The van der Waals surface area contributed by atoms with Gasteiger partial charge >= 0.3 is 13.6 Å². The maximum absolute atomic E-state index is 13.0. The van der Waals surface area contributed by atoms with Gasteiger partial charge in [-0.05, 0) is 26.0 Å².